The van der Waals surface area contributed by atoms with Gasteiger partial charge in [0.1, 0.15) is 0 Å². The Labute approximate surface area is 80.4 Å². The molecule has 72 valence electrons. The van der Waals surface area contributed by atoms with Crippen molar-refractivity contribution in [2.75, 3.05) is 0 Å². The Bertz CT molecular complexity index is 253. The molecule has 0 fully saturated rings. The Morgan fingerprint density at radius 1 is 1.23 bits per heavy atom. The van der Waals surface area contributed by atoms with Crippen LogP contribution in [0.2, 0.25) is 0 Å². The lowest BCUT2D eigenvalue weighted by molar-refractivity contribution is 0.185. The monoisotopic (exact) mass is 178 g/mol. The van der Waals surface area contributed by atoms with Gasteiger partial charge in [0.15, 0.2) is 0 Å². The molecule has 0 aliphatic heterocycles. The summed E-state index contributed by atoms with van der Waals surface area (Å²) >= 11 is 0. The number of aliphatic hydroxyl groups excluding tert-OH is 1. The van der Waals surface area contributed by atoms with Crippen molar-refractivity contribution in [3.8, 4) is 0 Å². The van der Waals surface area contributed by atoms with E-state index < -0.39 is 0 Å². The van der Waals surface area contributed by atoms with Crippen LogP contribution >= 0.6 is 0 Å². The number of hydrogen-bond acceptors (Lipinski definition) is 1. The van der Waals surface area contributed by atoms with Crippen LogP contribution in [0.15, 0.2) is 24.3 Å². The predicted molar refractivity (Wildman–Crippen MR) is 55.8 cm³/mol. The van der Waals surface area contributed by atoms with Gasteiger partial charge in [-0.25, -0.2) is 0 Å². The van der Waals surface area contributed by atoms with E-state index in [1.54, 1.807) is 0 Å². The summed E-state index contributed by atoms with van der Waals surface area (Å²) < 4.78 is 0. The summed E-state index contributed by atoms with van der Waals surface area (Å²) in [7, 11) is 0. The molecule has 0 heterocycles. The minimum absolute atomic E-state index is 0.190. The largest absolute Gasteiger partial charge is 0.393 e. The van der Waals surface area contributed by atoms with Crippen LogP contribution < -0.4 is 0 Å². The number of rotatable bonds is 4. The molecule has 0 aromatic heterocycles. The lowest BCUT2D eigenvalue weighted by Crippen LogP contribution is -2.02. The van der Waals surface area contributed by atoms with E-state index in [4.69, 9.17) is 0 Å². The molecule has 0 spiro atoms. The number of hydrogen-bond donors (Lipinski definition) is 1. The normalized spacial score (nSPS) is 12.8. The molecule has 1 aromatic rings. The van der Waals surface area contributed by atoms with Crippen LogP contribution in [-0.4, -0.2) is 11.2 Å². The van der Waals surface area contributed by atoms with Crippen molar-refractivity contribution in [1.82, 2.24) is 0 Å². The maximum Gasteiger partial charge on any atom is 0.0515 e. The average Bonchev–Trinajstić information content (AvgIpc) is 2.15. The van der Waals surface area contributed by atoms with Crippen LogP contribution in [0.25, 0.3) is 0 Å². The molecule has 1 N–H and O–H groups in total. The minimum atomic E-state index is -0.190. The Morgan fingerprint density at radius 2 is 1.85 bits per heavy atom. The van der Waals surface area contributed by atoms with Crippen molar-refractivity contribution in [2.45, 2.75) is 39.2 Å². The van der Waals surface area contributed by atoms with Gasteiger partial charge in [-0.1, -0.05) is 31.2 Å². The highest BCUT2D eigenvalue weighted by atomic mass is 16.3. The molecular weight excluding hydrogens is 160 g/mol. The Kier molecular flexibility index (Phi) is 3.97. The maximum atomic E-state index is 9.18. The predicted octanol–water partition coefficient (Wildman–Crippen LogP) is 2.56. The third-order valence-electron chi connectivity index (χ3n) is 2.33. The van der Waals surface area contributed by atoms with Crippen molar-refractivity contribution in [2.24, 2.45) is 0 Å². The van der Waals surface area contributed by atoms with Gasteiger partial charge in [0.05, 0.1) is 6.10 Å². The van der Waals surface area contributed by atoms with Gasteiger partial charge < -0.3 is 5.11 Å². The van der Waals surface area contributed by atoms with E-state index in [0.717, 1.165) is 19.3 Å². The Balaban J connectivity index is 2.64. The minimum Gasteiger partial charge on any atom is -0.393 e. The van der Waals surface area contributed by atoms with Gasteiger partial charge in [-0.3, -0.25) is 0 Å². The second kappa shape index (κ2) is 5.03. The molecule has 0 aliphatic rings. The van der Waals surface area contributed by atoms with Crippen molar-refractivity contribution < 1.29 is 5.11 Å². The van der Waals surface area contributed by atoms with Crippen LogP contribution in [0.5, 0.6) is 0 Å². The highest BCUT2D eigenvalue weighted by Gasteiger charge is 2.01. The molecule has 13 heavy (non-hydrogen) atoms. The molecule has 1 nitrogen and oxygen atoms in total. The van der Waals surface area contributed by atoms with Gasteiger partial charge in [0.2, 0.25) is 0 Å². The molecule has 0 bridgehead atoms. The molecule has 1 rings (SSSR count). The summed E-state index contributed by atoms with van der Waals surface area (Å²) in [5, 5.41) is 9.18. The van der Waals surface area contributed by atoms with Crippen LogP contribution in [0.3, 0.4) is 0 Å². The van der Waals surface area contributed by atoms with Crippen molar-refractivity contribution in [1.29, 1.82) is 0 Å². The molecule has 0 unspecified atom stereocenters. The van der Waals surface area contributed by atoms with Crippen molar-refractivity contribution in [3.05, 3.63) is 35.4 Å². The lowest BCUT2D eigenvalue weighted by Gasteiger charge is -2.08. The number of aliphatic hydroxyl groups is 1. The first-order chi connectivity index (χ1) is 6.24. The Hall–Kier alpha value is -0.820. The summed E-state index contributed by atoms with van der Waals surface area (Å²) in [5.41, 5.74) is 2.79. The van der Waals surface area contributed by atoms with Crippen LogP contribution in [0, 0.1) is 0 Å². The first kappa shape index (κ1) is 10.3. The molecule has 1 aromatic carbocycles. The van der Waals surface area contributed by atoms with E-state index in [1.807, 2.05) is 6.92 Å². The highest BCUT2D eigenvalue weighted by molar-refractivity contribution is 5.27. The standard InChI is InChI=1S/C12H18O/c1-3-11-6-4-5-7-12(11)9-8-10(2)13/h4-7,10,13H,3,8-9H2,1-2H3/t10-/m1/s1. The fourth-order valence-corrected chi connectivity index (χ4v) is 1.51. The van der Waals surface area contributed by atoms with E-state index in [1.165, 1.54) is 11.1 Å². The zero-order valence-corrected chi connectivity index (χ0v) is 8.46. The van der Waals surface area contributed by atoms with Crippen LogP contribution in [0.4, 0.5) is 0 Å². The van der Waals surface area contributed by atoms with Gasteiger partial charge in [0.25, 0.3) is 0 Å². The number of benzene rings is 1. The van der Waals surface area contributed by atoms with E-state index in [0.29, 0.717) is 0 Å². The maximum absolute atomic E-state index is 9.18. The summed E-state index contributed by atoms with van der Waals surface area (Å²) in [6.07, 6.45) is 2.74. The molecule has 0 aliphatic carbocycles. The molecule has 0 radical (unpaired) electrons. The highest BCUT2D eigenvalue weighted by Crippen LogP contribution is 2.12. The van der Waals surface area contributed by atoms with E-state index >= 15 is 0 Å². The first-order valence-corrected chi connectivity index (χ1v) is 4.99. The third-order valence-corrected chi connectivity index (χ3v) is 2.33. The second-order valence-corrected chi connectivity index (χ2v) is 3.51. The van der Waals surface area contributed by atoms with Gasteiger partial charge in [-0.05, 0) is 37.3 Å². The summed E-state index contributed by atoms with van der Waals surface area (Å²) in [4.78, 5) is 0. The van der Waals surface area contributed by atoms with Gasteiger partial charge >= 0.3 is 0 Å². The zero-order chi connectivity index (χ0) is 9.68. The first-order valence-electron chi connectivity index (χ1n) is 4.99. The SMILES string of the molecule is CCc1ccccc1CC[C@@H](C)O. The van der Waals surface area contributed by atoms with E-state index in [-0.39, 0.29) is 6.10 Å². The van der Waals surface area contributed by atoms with E-state index in [2.05, 4.69) is 31.2 Å². The number of aryl methyl sites for hydroxylation is 2. The smallest absolute Gasteiger partial charge is 0.0515 e. The summed E-state index contributed by atoms with van der Waals surface area (Å²) in [5.74, 6) is 0. The molecular formula is C12H18O. The zero-order valence-electron chi connectivity index (χ0n) is 8.46. The molecule has 0 amide bonds. The topological polar surface area (TPSA) is 20.2 Å². The Morgan fingerprint density at radius 3 is 2.38 bits per heavy atom. The third kappa shape index (κ3) is 3.19. The quantitative estimate of drug-likeness (QED) is 0.751. The van der Waals surface area contributed by atoms with Crippen molar-refractivity contribution in [3.63, 3.8) is 0 Å². The van der Waals surface area contributed by atoms with Gasteiger partial charge in [-0.15, -0.1) is 0 Å². The van der Waals surface area contributed by atoms with Crippen LogP contribution in [-0.2, 0) is 12.8 Å². The molecule has 0 saturated carbocycles. The average molecular weight is 178 g/mol. The fourth-order valence-electron chi connectivity index (χ4n) is 1.51. The molecule has 1 atom stereocenters. The second-order valence-electron chi connectivity index (χ2n) is 3.51. The van der Waals surface area contributed by atoms with Gasteiger partial charge in [-0.2, -0.15) is 0 Å². The molecule has 1 heteroatoms. The lowest BCUT2D eigenvalue weighted by atomic mass is 10.00. The fraction of sp³-hybridized carbons (Fsp3) is 0.500. The van der Waals surface area contributed by atoms with E-state index in [9.17, 15) is 5.11 Å². The van der Waals surface area contributed by atoms with Gasteiger partial charge in [0, 0.05) is 0 Å². The van der Waals surface area contributed by atoms with Crippen LogP contribution in [0.1, 0.15) is 31.4 Å². The van der Waals surface area contributed by atoms with Crippen molar-refractivity contribution >= 4 is 0 Å². The summed E-state index contributed by atoms with van der Waals surface area (Å²) in [6, 6.07) is 8.46. The molecule has 0 saturated heterocycles. The summed E-state index contributed by atoms with van der Waals surface area (Å²) in [6.45, 7) is 4.01.